The topological polar surface area (TPSA) is 87.0 Å². The molecule has 2 N–H and O–H groups in total. The number of nitrogens with zero attached hydrogens (tertiary/aromatic N) is 2. The van der Waals surface area contributed by atoms with Crippen molar-refractivity contribution in [2.75, 3.05) is 25.5 Å². The number of rotatable bonds is 7. The number of anilines is 1. The van der Waals surface area contributed by atoms with Crippen LogP contribution in [0.15, 0.2) is 22.7 Å². The molecule has 0 aliphatic rings. The van der Waals surface area contributed by atoms with Crippen LogP contribution in [0, 0.1) is 11.3 Å². The van der Waals surface area contributed by atoms with Crippen molar-refractivity contribution in [3.63, 3.8) is 0 Å². The second kappa shape index (κ2) is 8.87. The van der Waals surface area contributed by atoms with Crippen LogP contribution in [0.3, 0.4) is 0 Å². The molecule has 1 aromatic heterocycles. The number of hydrogen-bond donors (Lipinski definition) is 2. The van der Waals surface area contributed by atoms with Crippen LogP contribution in [0.2, 0.25) is 5.15 Å². The standard InChI is InChI=1S/C15H14BrClN4O2S/c1-23-9-3-4-12(16)10(7-9)14(22)19-5-2-6-20-15-11(8-18)13(17)21-24-15/h3-4,7,20H,2,5-6H2,1H3,(H,19,22). The van der Waals surface area contributed by atoms with Gasteiger partial charge >= 0.3 is 0 Å². The highest BCUT2D eigenvalue weighted by Crippen LogP contribution is 2.27. The number of aromatic nitrogens is 1. The Balaban J connectivity index is 1.80. The SMILES string of the molecule is COc1ccc(Br)c(C(=O)NCCCNc2snc(Cl)c2C#N)c1. The van der Waals surface area contributed by atoms with Gasteiger partial charge in [-0.3, -0.25) is 4.79 Å². The fraction of sp³-hybridized carbons (Fsp3) is 0.267. The average Bonchev–Trinajstić information content (AvgIpc) is 2.94. The molecule has 0 atom stereocenters. The minimum absolute atomic E-state index is 0.181. The van der Waals surface area contributed by atoms with Crippen LogP contribution in [0.25, 0.3) is 0 Å². The van der Waals surface area contributed by atoms with Crippen LogP contribution in [0.4, 0.5) is 5.00 Å². The molecule has 0 spiro atoms. The third-order valence-corrected chi connectivity index (χ3v) is 4.98. The predicted octanol–water partition coefficient (Wildman–Crippen LogP) is 3.67. The number of benzene rings is 1. The van der Waals surface area contributed by atoms with Gasteiger partial charge in [-0.2, -0.15) is 9.64 Å². The average molecular weight is 430 g/mol. The maximum atomic E-state index is 12.2. The molecule has 0 aliphatic heterocycles. The summed E-state index contributed by atoms with van der Waals surface area (Å²) in [5, 5.41) is 15.8. The molecule has 0 saturated carbocycles. The van der Waals surface area contributed by atoms with Gasteiger partial charge in [-0.1, -0.05) is 11.6 Å². The van der Waals surface area contributed by atoms with Gasteiger partial charge in [0.15, 0.2) is 5.15 Å². The van der Waals surface area contributed by atoms with Crippen molar-refractivity contribution < 1.29 is 9.53 Å². The lowest BCUT2D eigenvalue weighted by atomic mass is 10.2. The normalized spacial score (nSPS) is 10.1. The summed E-state index contributed by atoms with van der Waals surface area (Å²) < 4.78 is 9.74. The van der Waals surface area contributed by atoms with Crippen LogP contribution in [-0.2, 0) is 0 Å². The first-order valence-corrected chi connectivity index (χ1v) is 8.92. The van der Waals surface area contributed by atoms with Crippen molar-refractivity contribution in [1.82, 2.24) is 9.69 Å². The van der Waals surface area contributed by atoms with E-state index in [-0.39, 0.29) is 11.1 Å². The van der Waals surface area contributed by atoms with Crippen molar-refractivity contribution >= 4 is 50.0 Å². The number of halogens is 2. The smallest absolute Gasteiger partial charge is 0.252 e. The third kappa shape index (κ3) is 4.60. The van der Waals surface area contributed by atoms with E-state index in [0.717, 1.165) is 11.5 Å². The van der Waals surface area contributed by atoms with Crippen molar-refractivity contribution in [2.24, 2.45) is 0 Å². The molecule has 6 nitrogen and oxygen atoms in total. The first kappa shape index (κ1) is 18.5. The molecule has 0 saturated heterocycles. The summed E-state index contributed by atoms with van der Waals surface area (Å²) in [7, 11) is 1.55. The molecule has 0 bridgehead atoms. The summed E-state index contributed by atoms with van der Waals surface area (Å²) in [6.07, 6.45) is 0.688. The zero-order chi connectivity index (χ0) is 17.5. The van der Waals surface area contributed by atoms with E-state index in [9.17, 15) is 4.79 Å². The molecule has 1 amide bonds. The Labute approximate surface area is 157 Å². The molecular weight excluding hydrogens is 416 g/mol. The zero-order valence-electron chi connectivity index (χ0n) is 12.7. The van der Waals surface area contributed by atoms with Crippen molar-refractivity contribution in [2.45, 2.75) is 6.42 Å². The van der Waals surface area contributed by atoms with Gasteiger partial charge in [0.25, 0.3) is 5.91 Å². The van der Waals surface area contributed by atoms with Crippen molar-refractivity contribution in [1.29, 1.82) is 5.26 Å². The molecule has 0 fully saturated rings. The molecule has 1 aromatic carbocycles. The summed E-state index contributed by atoms with van der Waals surface area (Å²) in [4.78, 5) is 12.2. The van der Waals surface area contributed by atoms with Gasteiger partial charge in [-0.05, 0) is 52.1 Å². The highest BCUT2D eigenvalue weighted by Gasteiger charge is 2.12. The lowest BCUT2D eigenvalue weighted by Crippen LogP contribution is -2.26. The van der Waals surface area contributed by atoms with Crippen molar-refractivity contribution in [3.8, 4) is 11.8 Å². The maximum Gasteiger partial charge on any atom is 0.252 e. The molecule has 0 unspecified atom stereocenters. The number of carbonyl (C=O) groups is 1. The van der Waals surface area contributed by atoms with Crippen LogP contribution in [-0.4, -0.2) is 30.5 Å². The summed E-state index contributed by atoms with van der Waals surface area (Å²) >= 11 is 10.3. The highest BCUT2D eigenvalue weighted by atomic mass is 79.9. The van der Waals surface area contributed by atoms with Gasteiger partial charge in [0, 0.05) is 17.6 Å². The molecule has 126 valence electrons. The molecule has 2 aromatic rings. The number of ether oxygens (including phenoxy) is 1. The Morgan fingerprint density at radius 3 is 3.00 bits per heavy atom. The van der Waals surface area contributed by atoms with E-state index in [2.05, 4.69) is 30.9 Å². The van der Waals surface area contributed by atoms with E-state index in [1.807, 2.05) is 6.07 Å². The van der Waals surface area contributed by atoms with E-state index in [0.29, 0.717) is 45.9 Å². The monoisotopic (exact) mass is 428 g/mol. The van der Waals surface area contributed by atoms with Crippen molar-refractivity contribution in [3.05, 3.63) is 39.0 Å². The first-order valence-electron chi connectivity index (χ1n) is 6.97. The van der Waals surface area contributed by atoms with Gasteiger partial charge in [-0.15, -0.1) is 0 Å². The fourth-order valence-electron chi connectivity index (χ4n) is 1.88. The van der Waals surface area contributed by atoms with E-state index in [1.54, 1.807) is 25.3 Å². The molecule has 0 radical (unpaired) electrons. The van der Waals surface area contributed by atoms with E-state index >= 15 is 0 Å². The number of hydrogen-bond acceptors (Lipinski definition) is 6. The Bertz CT molecular complexity index is 775. The van der Waals surface area contributed by atoms with Gasteiger partial charge in [0.1, 0.15) is 22.4 Å². The molecule has 2 rings (SSSR count). The summed E-state index contributed by atoms with van der Waals surface area (Å²) in [5.74, 6) is 0.440. The number of carbonyl (C=O) groups excluding carboxylic acids is 1. The highest BCUT2D eigenvalue weighted by molar-refractivity contribution is 9.10. The quantitative estimate of drug-likeness (QED) is 0.656. The van der Waals surface area contributed by atoms with Crippen LogP contribution in [0.1, 0.15) is 22.3 Å². The van der Waals surface area contributed by atoms with E-state index < -0.39 is 0 Å². The van der Waals surface area contributed by atoms with Crippen LogP contribution >= 0.6 is 39.1 Å². The van der Waals surface area contributed by atoms with Crippen LogP contribution in [0.5, 0.6) is 5.75 Å². The largest absolute Gasteiger partial charge is 0.497 e. The summed E-state index contributed by atoms with van der Waals surface area (Å²) in [6, 6.07) is 7.23. The Morgan fingerprint density at radius 2 is 2.29 bits per heavy atom. The predicted molar refractivity (Wildman–Crippen MR) is 98.0 cm³/mol. The molecule has 24 heavy (non-hydrogen) atoms. The van der Waals surface area contributed by atoms with Gasteiger partial charge in [0.2, 0.25) is 0 Å². The van der Waals surface area contributed by atoms with Gasteiger partial charge in [0.05, 0.1) is 12.7 Å². The number of amides is 1. The zero-order valence-corrected chi connectivity index (χ0v) is 15.9. The lowest BCUT2D eigenvalue weighted by molar-refractivity contribution is 0.0952. The lowest BCUT2D eigenvalue weighted by Gasteiger charge is -2.09. The molecule has 9 heteroatoms. The van der Waals surface area contributed by atoms with Gasteiger partial charge < -0.3 is 15.4 Å². The van der Waals surface area contributed by atoms with E-state index in [1.165, 1.54) is 0 Å². The second-order valence-corrected chi connectivity index (χ2v) is 6.66. The van der Waals surface area contributed by atoms with Gasteiger partial charge in [-0.25, -0.2) is 0 Å². The molecule has 1 heterocycles. The fourth-order valence-corrected chi connectivity index (χ4v) is 3.27. The maximum absolute atomic E-state index is 12.2. The number of nitrogens with one attached hydrogen (secondary N) is 2. The summed E-state index contributed by atoms with van der Waals surface area (Å²) in [5.41, 5.74) is 0.870. The first-order chi connectivity index (χ1) is 11.6. The minimum Gasteiger partial charge on any atom is -0.497 e. The Morgan fingerprint density at radius 1 is 1.50 bits per heavy atom. The minimum atomic E-state index is -0.181. The molecular formula is C15H14BrClN4O2S. The Hall–Kier alpha value is -1.82. The van der Waals surface area contributed by atoms with E-state index in [4.69, 9.17) is 21.6 Å². The number of methoxy groups -OCH3 is 1. The Kier molecular flexibility index (Phi) is 6.85. The third-order valence-electron chi connectivity index (χ3n) is 3.11. The number of nitriles is 1. The van der Waals surface area contributed by atoms with Crippen LogP contribution < -0.4 is 15.4 Å². The molecule has 0 aliphatic carbocycles. The second-order valence-electron chi connectivity index (χ2n) is 4.67. The summed E-state index contributed by atoms with van der Waals surface area (Å²) in [6.45, 7) is 1.08.